The van der Waals surface area contributed by atoms with Crippen molar-refractivity contribution in [3.8, 4) is 11.8 Å². The van der Waals surface area contributed by atoms with Gasteiger partial charge in [0.2, 0.25) is 0 Å². The van der Waals surface area contributed by atoms with E-state index in [4.69, 9.17) is 10.00 Å². The Balaban J connectivity index is 2.10. The van der Waals surface area contributed by atoms with E-state index in [1.54, 1.807) is 12.1 Å². The van der Waals surface area contributed by atoms with Crippen LogP contribution in [0, 0.1) is 23.1 Å². The summed E-state index contributed by atoms with van der Waals surface area (Å²) in [5.41, 5.74) is 0.806. The molecule has 0 saturated heterocycles. The largest absolute Gasteiger partial charge is 0.494 e. The van der Waals surface area contributed by atoms with Crippen LogP contribution in [0.4, 0.5) is 10.1 Å². The van der Waals surface area contributed by atoms with Crippen molar-refractivity contribution in [2.24, 2.45) is 5.92 Å². The number of nitriles is 1. The minimum atomic E-state index is -0.372. The highest BCUT2D eigenvalue weighted by atomic mass is 19.1. The molecule has 1 aliphatic carbocycles. The lowest BCUT2D eigenvalue weighted by atomic mass is 9.85. The maximum atomic E-state index is 13.3. The average molecular weight is 248 g/mol. The first-order valence-electron chi connectivity index (χ1n) is 6.24. The SMILES string of the molecule is COc1cc(NC2CCCCC2C#N)ccc1F. The predicted molar refractivity (Wildman–Crippen MR) is 67.9 cm³/mol. The number of halogens is 1. The quantitative estimate of drug-likeness (QED) is 0.892. The molecule has 4 heteroatoms. The van der Waals surface area contributed by atoms with Gasteiger partial charge in [0, 0.05) is 17.8 Å². The zero-order valence-electron chi connectivity index (χ0n) is 10.4. The number of methoxy groups -OCH3 is 1. The van der Waals surface area contributed by atoms with Crippen LogP contribution in [0.15, 0.2) is 18.2 Å². The summed E-state index contributed by atoms with van der Waals surface area (Å²) in [6.45, 7) is 0. The highest BCUT2D eigenvalue weighted by Gasteiger charge is 2.24. The first kappa shape index (κ1) is 12.7. The maximum Gasteiger partial charge on any atom is 0.165 e. The molecule has 0 bridgehead atoms. The summed E-state index contributed by atoms with van der Waals surface area (Å²) in [6.07, 6.45) is 4.17. The molecule has 1 aromatic rings. The zero-order valence-corrected chi connectivity index (χ0v) is 10.4. The number of rotatable bonds is 3. The van der Waals surface area contributed by atoms with Crippen molar-refractivity contribution >= 4 is 5.69 Å². The van der Waals surface area contributed by atoms with Gasteiger partial charge in [-0.25, -0.2) is 4.39 Å². The van der Waals surface area contributed by atoms with Crippen LogP contribution < -0.4 is 10.1 Å². The van der Waals surface area contributed by atoms with E-state index in [1.807, 2.05) is 0 Å². The van der Waals surface area contributed by atoms with Crippen LogP contribution in [-0.4, -0.2) is 13.2 Å². The Kier molecular flexibility index (Phi) is 4.03. The third-order valence-corrected chi connectivity index (χ3v) is 3.43. The molecule has 2 unspecified atom stereocenters. The van der Waals surface area contributed by atoms with Crippen molar-refractivity contribution in [1.29, 1.82) is 5.26 Å². The molecule has 0 aliphatic heterocycles. The van der Waals surface area contributed by atoms with E-state index in [2.05, 4.69) is 11.4 Å². The third-order valence-electron chi connectivity index (χ3n) is 3.43. The summed E-state index contributed by atoms with van der Waals surface area (Å²) in [4.78, 5) is 0. The van der Waals surface area contributed by atoms with Gasteiger partial charge in [-0.2, -0.15) is 5.26 Å². The normalized spacial score (nSPS) is 23.2. The van der Waals surface area contributed by atoms with E-state index in [1.165, 1.54) is 13.2 Å². The molecule has 0 radical (unpaired) electrons. The summed E-state index contributed by atoms with van der Waals surface area (Å²) in [6, 6.07) is 7.20. The van der Waals surface area contributed by atoms with E-state index >= 15 is 0 Å². The fraction of sp³-hybridized carbons (Fsp3) is 0.500. The molecule has 1 aliphatic rings. The molecule has 96 valence electrons. The Bertz CT molecular complexity index is 456. The van der Waals surface area contributed by atoms with Crippen LogP contribution in [0.1, 0.15) is 25.7 Å². The standard InChI is InChI=1S/C14H17FN2O/c1-18-14-8-11(6-7-12(14)15)17-13-5-3-2-4-10(13)9-16/h6-8,10,13,17H,2-5H2,1H3. The highest BCUT2D eigenvalue weighted by Crippen LogP contribution is 2.28. The van der Waals surface area contributed by atoms with Gasteiger partial charge in [0.25, 0.3) is 0 Å². The lowest BCUT2D eigenvalue weighted by Crippen LogP contribution is -2.31. The first-order valence-corrected chi connectivity index (χ1v) is 6.24. The fourth-order valence-electron chi connectivity index (χ4n) is 2.42. The van der Waals surface area contributed by atoms with Crippen LogP contribution in [0.5, 0.6) is 5.75 Å². The lowest BCUT2D eigenvalue weighted by molar-refractivity contribution is 0.383. The van der Waals surface area contributed by atoms with Crippen LogP contribution in [0.25, 0.3) is 0 Å². The predicted octanol–water partition coefficient (Wildman–Crippen LogP) is 3.33. The Hall–Kier alpha value is -1.76. The molecule has 0 aromatic heterocycles. The Morgan fingerprint density at radius 3 is 2.89 bits per heavy atom. The second-order valence-electron chi connectivity index (χ2n) is 4.62. The molecular formula is C14H17FN2O. The minimum Gasteiger partial charge on any atom is -0.494 e. The summed E-state index contributed by atoms with van der Waals surface area (Å²) < 4.78 is 18.2. The molecule has 0 amide bonds. The maximum absolute atomic E-state index is 13.3. The third kappa shape index (κ3) is 2.73. The molecule has 18 heavy (non-hydrogen) atoms. The zero-order chi connectivity index (χ0) is 13.0. The number of hydrogen-bond acceptors (Lipinski definition) is 3. The summed E-state index contributed by atoms with van der Waals surface area (Å²) in [5.74, 6) is -0.109. The summed E-state index contributed by atoms with van der Waals surface area (Å²) >= 11 is 0. The van der Waals surface area contributed by atoms with E-state index in [0.717, 1.165) is 31.4 Å². The number of nitrogens with one attached hydrogen (secondary N) is 1. The molecule has 1 aromatic carbocycles. The number of nitrogens with zero attached hydrogens (tertiary/aromatic N) is 1. The number of anilines is 1. The molecule has 0 spiro atoms. The van der Waals surface area contributed by atoms with Gasteiger partial charge >= 0.3 is 0 Å². The Morgan fingerprint density at radius 1 is 1.39 bits per heavy atom. The minimum absolute atomic E-state index is 0.0368. The Labute approximate surface area is 107 Å². The first-order chi connectivity index (χ1) is 8.74. The van der Waals surface area contributed by atoms with Crippen molar-refractivity contribution in [3.63, 3.8) is 0 Å². The molecule has 1 fully saturated rings. The summed E-state index contributed by atoms with van der Waals surface area (Å²) in [7, 11) is 1.45. The van der Waals surface area contributed by atoms with E-state index in [-0.39, 0.29) is 23.5 Å². The van der Waals surface area contributed by atoms with Crippen molar-refractivity contribution in [1.82, 2.24) is 0 Å². The van der Waals surface area contributed by atoms with Gasteiger partial charge in [0.1, 0.15) is 0 Å². The van der Waals surface area contributed by atoms with Gasteiger partial charge < -0.3 is 10.1 Å². The summed E-state index contributed by atoms with van der Waals surface area (Å²) in [5, 5.41) is 12.4. The van der Waals surface area contributed by atoms with Gasteiger partial charge in [-0.3, -0.25) is 0 Å². The van der Waals surface area contributed by atoms with Gasteiger partial charge in [-0.15, -0.1) is 0 Å². The van der Waals surface area contributed by atoms with Crippen LogP contribution >= 0.6 is 0 Å². The molecule has 1 N–H and O–H groups in total. The van der Waals surface area contributed by atoms with Crippen molar-refractivity contribution < 1.29 is 9.13 Å². The van der Waals surface area contributed by atoms with E-state index in [0.29, 0.717) is 0 Å². The second kappa shape index (κ2) is 5.72. The lowest BCUT2D eigenvalue weighted by Gasteiger charge is -2.28. The van der Waals surface area contributed by atoms with Crippen LogP contribution in [-0.2, 0) is 0 Å². The number of benzene rings is 1. The molecular weight excluding hydrogens is 231 g/mol. The topological polar surface area (TPSA) is 45.0 Å². The fourth-order valence-corrected chi connectivity index (χ4v) is 2.42. The van der Waals surface area contributed by atoms with Gasteiger partial charge in [-0.05, 0) is 25.0 Å². The highest BCUT2D eigenvalue weighted by molar-refractivity contribution is 5.49. The second-order valence-corrected chi connectivity index (χ2v) is 4.62. The van der Waals surface area contributed by atoms with E-state index in [9.17, 15) is 4.39 Å². The van der Waals surface area contributed by atoms with E-state index < -0.39 is 0 Å². The van der Waals surface area contributed by atoms with Crippen molar-refractivity contribution in [3.05, 3.63) is 24.0 Å². The van der Waals surface area contributed by atoms with Crippen LogP contribution in [0.2, 0.25) is 0 Å². The molecule has 1 saturated carbocycles. The van der Waals surface area contributed by atoms with Crippen molar-refractivity contribution in [2.75, 3.05) is 12.4 Å². The Morgan fingerprint density at radius 2 is 2.17 bits per heavy atom. The van der Waals surface area contributed by atoms with Crippen molar-refractivity contribution in [2.45, 2.75) is 31.7 Å². The number of ether oxygens (including phenoxy) is 1. The monoisotopic (exact) mass is 248 g/mol. The number of hydrogen-bond donors (Lipinski definition) is 1. The molecule has 3 nitrogen and oxygen atoms in total. The molecule has 2 rings (SSSR count). The van der Waals surface area contributed by atoms with Gasteiger partial charge in [-0.1, -0.05) is 12.8 Å². The van der Waals surface area contributed by atoms with Gasteiger partial charge in [0.05, 0.1) is 19.1 Å². The molecule has 2 atom stereocenters. The smallest absolute Gasteiger partial charge is 0.165 e. The average Bonchev–Trinajstić information content (AvgIpc) is 2.41. The van der Waals surface area contributed by atoms with Crippen LogP contribution in [0.3, 0.4) is 0 Å². The van der Waals surface area contributed by atoms with Gasteiger partial charge in [0.15, 0.2) is 11.6 Å². The molecule has 0 heterocycles.